The molecule has 0 saturated carbocycles. The van der Waals surface area contributed by atoms with Crippen LogP contribution in [0.15, 0.2) is 0 Å². The van der Waals surface area contributed by atoms with E-state index in [0.29, 0.717) is 0 Å². The van der Waals surface area contributed by atoms with E-state index in [1.165, 1.54) is 0 Å². The van der Waals surface area contributed by atoms with Gasteiger partial charge in [-0.05, 0) is 25.2 Å². The Morgan fingerprint density at radius 1 is 0.714 bits per heavy atom. The van der Waals surface area contributed by atoms with E-state index >= 15 is 0 Å². The molecule has 0 aliphatic carbocycles. The topological polar surface area (TPSA) is 36.9 Å². The van der Waals surface area contributed by atoms with Gasteiger partial charge in [0.2, 0.25) is 0 Å². The normalized spacial score (nSPS) is 40.3. The summed E-state index contributed by atoms with van der Waals surface area (Å²) < 4.78 is 23.5. The Balaban J connectivity index is 2.51. The van der Waals surface area contributed by atoms with E-state index in [9.17, 15) is 0 Å². The summed E-state index contributed by atoms with van der Waals surface area (Å²) in [5, 5.41) is 0. The SMILES string of the molecule is CC[SiH]1O[SiH](C)O[SiH](CC)O[SiH](C)O1. The van der Waals surface area contributed by atoms with Crippen molar-refractivity contribution in [3.05, 3.63) is 0 Å². The van der Waals surface area contributed by atoms with Gasteiger partial charge in [0, 0.05) is 0 Å². The van der Waals surface area contributed by atoms with Gasteiger partial charge in [-0.3, -0.25) is 0 Å². The van der Waals surface area contributed by atoms with Crippen LogP contribution in [0, 0.1) is 0 Å². The smallest absolute Gasteiger partial charge is 0.303 e. The van der Waals surface area contributed by atoms with Crippen molar-refractivity contribution < 1.29 is 16.5 Å². The lowest BCUT2D eigenvalue weighted by atomic mass is 11.0. The lowest BCUT2D eigenvalue weighted by Gasteiger charge is -2.31. The summed E-state index contributed by atoms with van der Waals surface area (Å²) in [6, 6.07) is 2.03. The molecule has 0 atom stereocenters. The number of rotatable bonds is 2. The molecular formula is C6H20O4Si4. The maximum Gasteiger partial charge on any atom is 0.303 e. The van der Waals surface area contributed by atoms with Gasteiger partial charge < -0.3 is 16.5 Å². The highest BCUT2D eigenvalue weighted by molar-refractivity contribution is 6.73. The minimum absolute atomic E-state index is 1.01. The molecule has 4 nitrogen and oxygen atoms in total. The van der Waals surface area contributed by atoms with E-state index in [1.54, 1.807) is 0 Å². The van der Waals surface area contributed by atoms with Gasteiger partial charge in [-0.25, -0.2) is 0 Å². The molecule has 0 N–H and O–H groups in total. The van der Waals surface area contributed by atoms with Crippen LogP contribution in [0.1, 0.15) is 13.8 Å². The summed E-state index contributed by atoms with van der Waals surface area (Å²) in [6.45, 7) is 8.40. The molecule has 0 bridgehead atoms. The third-order valence-electron chi connectivity index (χ3n) is 2.04. The summed E-state index contributed by atoms with van der Waals surface area (Å²) in [7, 11) is -5.78. The Kier molecular flexibility index (Phi) is 5.77. The van der Waals surface area contributed by atoms with Crippen LogP contribution in [0.2, 0.25) is 25.2 Å². The van der Waals surface area contributed by atoms with E-state index in [0.717, 1.165) is 12.1 Å². The van der Waals surface area contributed by atoms with E-state index in [2.05, 4.69) is 26.9 Å². The molecular weight excluding hydrogens is 248 g/mol. The van der Waals surface area contributed by atoms with Crippen LogP contribution in [-0.4, -0.2) is 37.1 Å². The van der Waals surface area contributed by atoms with Crippen LogP contribution in [0.4, 0.5) is 0 Å². The second-order valence-electron chi connectivity index (χ2n) is 3.36. The van der Waals surface area contributed by atoms with Crippen molar-refractivity contribution in [1.82, 2.24) is 0 Å². The van der Waals surface area contributed by atoms with Crippen LogP contribution in [0.25, 0.3) is 0 Å². The second kappa shape index (κ2) is 6.32. The zero-order valence-corrected chi connectivity index (χ0v) is 14.0. The lowest BCUT2D eigenvalue weighted by molar-refractivity contribution is 0.288. The Bertz CT molecular complexity index is 142. The average Bonchev–Trinajstić information content (AvgIpc) is 2.13. The van der Waals surface area contributed by atoms with Gasteiger partial charge in [0.05, 0.1) is 0 Å². The van der Waals surface area contributed by atoms with E-state index < -0.39 is 37.1 Å². The molecule has 0 aromatic heterocycles. The Hall–Kier alpha value is 0.708. The van der Waals surface area contributed by atoms with Gasteiger partial charge in [0.25, 0.3) is 18.6 Å². The monoisotopic (exact) mass is 268 g/mol. The molecule has 1 fully saturated rings. The predicted molar refractivity (Wildman–Crippen MR) is 65.6 cm³/mol. The molecule has 0 amide bonds. The minimum atomic E-state index is -1.45. The first-order valence-electron chi connectivity index (χ1n) is 5.27. The molecule has 0 aromatic carbocycles. The Morgan fingerprint density at radius 2 is 1.00 bits per heavy atom. The van der Waals surface area contributed by atoms with Gasteiger partial charge in [-0.1, -0.05) is 13.8 Å². The highest BCUT2D eigenvalue weighted by Crippen LogP contribution is 2.11. The van der Waals surface area contributed by atoms with Crippen LogP contribution in [0.3, 0.4) is 0 Å². The first-order valence-corrected chi connectivity index (χ1v) is 13.0. The molecule has 0 unspecified atom stereocenters. The summed E-state index contributed by atoms with van der Waals surface area (Å²) in [4.78, 5) is 0. The van der Waals surface area contributed by atoms with Crippen molar-refractivity contribution in [2.45, 2.75) is 39.0 Å². The fraction of sp³-hybridized carbons (Fsp3) is 1.00. The third-order valence-corrected chi connectivity index (χ3v) is 14.4. The maximum atomic E-state index is 5.87. The van der Waals surface area contributed by atoms with Crippen LogP contribution in [-0.2, 0) is 16.5 Å². The Labute approximate surface area is 92.9 Å². The molecule has 1 aliphatic rings. The van der Waals surface area contributed by atoms with Crippen molar-refractivity contribution >= 4 is 37.1 Å². The lowest BCUT2D eigenvalue weighted by Crippen LogP contribution is -2.46. The largest absolute Gasteiger partial charge is 0.420 e. The molecule has 14 heavy (non-hydrogen) atoms. The summed E-state index contributed by atoms with van der Waals surface area (Å²) in [5.41, 5.74) is 0. The molecule has 1 saturated heterocycles. The molecule has 84 valence electrons. The molecule has 0 radical (unpaired) electrons. The van der Waals surface area contributed by atoms with Gasteiger partial charge in [-0.2, -0.15) is 0 Å². The standard InChI is InChI=1S/C6H20O4Si4/c1-5-13-7-11(3)9-14(6-2)10-12(4)8-13/h11-14H,5-6H2,1-4H3. The quantitative estimate of drug-likeness (QED) is 0.673. The van der Waals surface area contributed by atoms with Gasteiger partial charge in [0.1, 0.15) is 0 Å². The minimum Gasteiger partial charge on any atom is -0.420 e. The van der Waals surface area contributed by atoms with Crippen molar-refractivity contribution in [3.63, 3.8) is 0 Å². The van der Waals surface area contributed by atoms with Crippen molar-refractivity contribution in [1.29, 1.82) is 0 Å². The van der Waals surface area contributed by atoms with Crippen LogP contribution >= 0.6 is 0 Å². The fourth-order valence-electron chi connectivity index (χ4n) is 1.37. The van der Waals surface area contributed by atoms with Crippen molar-refractivity contribution in [2.24, 2.45) is 0 Å². The van der Waals surface area contributed by atoms with Crippen molar-refractivity contribution in [2.75, 3.05) is 0 Å². The Morgan fingerprint density at radius 3 is 1.21 bits per heavy atom. The number of hydrogen-bond donors (Lipinski definition) is 0. The van der Waals surface area contributed by atoms with E-state index in [1.807, 2.05) is 0 Å². The van der Waals surface area contributed by atoms with E-state index in [4.69, 9.17) is 16.5 Å². The van der Waals surface area contributed by atoms with Crippen LogP contribution in [0.5, 0.6) is 0 Å². The molecule has 0 aromatic rings. The molecule has 1 aliphatic heterocycles. The molecule has 1 rings (SSSR count). The van der Waals surface area contributed by atoms with Crippen LogP contribution < -0.4 is 0 Å². The maximum absolute atomic E-state index is 5.87. The van der Waals surface area contributed by atoms with Gasteiger partial charge in [-0.15, -0.1) is 0 Å². The first-order chi connectivity index (χ1) is 6.65. The zero-order chi connectivity index (χ0) is 10.6. The highest BCUT2D eigenvalue weighted by atomic mass is 28.5. The first kappa shape index (κ1) is 12.8. The van der Waals surface area contributed by atoms with Gasteiger partial charge in [0.15, 0.2) is 0 Å². The zero-order valence-electron chi connectivity index (χ0n) is 9.36. The molecule has 8 heteroatoms. The predicted octanol–water partition coefficient (Wildman–Crippen LogP) is 0.248. The second-order valence-corrected chi connectivity index (χ2v) is 13.3. The fourth-order valence-corrected chi connectivity index (χ4v) is 14.6. The molecule has 0 spiro atoms. The van der Waals surface area contributed by atoms with Crippen molar-refractivity contribution in [3.8, 4) is 0 Å². The third kappa shape index (κ3) is 4.06. The average molecular weight is 269 g/mol. The van der Waals surface area contributed by atoms with Gasteiger partial charge >= 0.3 is 18.6 Å². The number of hydrogen-bond acceptors (Lipinski definition) is 4. The summed E-state index contributed by atoms with van der Waals surface area (Å²) in [6.07, 6.45) is 0. The summed E-state index contributed by atoms with van der Waals surface area (Å²) >= 11 is 0. The molecule has 1 heterocycles. The summed E-state index contributed by atoms with van der Waals surface area (Å²) in [5.74, 6) is 0. The van der Waals surface area contributed by atoms with E-state index in [-0.39, 0.29) is 0 Å². The highest BCUT2D eigenvalue weighted by Gasteiger charge is 2.28.